The van der Waals surface area contributed by atoms with Crippen molar-refractivity contribution < 1.29 is 9.32 Å². The summed E-state index contributed by atoms with van der Waals surface area (Å²) >= 11 is 0. The van der Waals surface area contributed by atoms with Crippen molar-refractivity contribution in [2.24, 2.45) is 5.92 Å². The lowest BCUT2D eigenvalue weighted by Gasteiger charge is -2.30. The van der Waals surface area contributed by atoms with Gasteiger partial charge in [0.25, 0.3) is 5.91 Å². The number of nitrogens with zero attached hydrogens (tertiary/aromatic N) is 2. The lowest BCUT2D eigenvalue weighted by atomic mass is 9.97. The SMILES string of the molecule is CCN1CCC(CNC(=O)c2cc(-c3ccccc3)on2)CC1. The number of aromatic nitrogens is 1. The monoisotopic (exact) mass is 313 g/mol. The molecule has 0 aliphatic carbocycles. The molecule has 1 aliphatic rings. The lowest BCUT2D eigenvalue weighted by Crippen LogP contribution is -2.38. The molecule has 1 N–H and O–H groups in total. The van der Waals surface area contributed by atoms with Gasteiger partial charge < -0.3 is 14.7 Å². The molecule has 23 heavy (non-hydrogen) atoms. The van der Waals surface area contributed by atoms with Gasteiger partial charge in [-0.2, -0.15) is 0 Å². The number of piperidine rings is 1. The largest absolute Gasteiger partial charge is 0.355 e. The van der Waals surface area contributed by atoms with Crippen LogP contribution in [0.15, 0.2) is 40.9 Å². The Morgan fingerprint density at radius 1 is 1.30 bits per heavy atom. The second-order valence-corrected chi connectivity index (χ2v) is 6.03. The minimum absolute atomic E-state index is 0.158. The zero-order chi connectivity index (χ0) is 16.1. The first kappa shape index (κ1) is 15.7. The lowest BCUT2D eigenvalue weighted by molar-refractivity contribution is 0.0928. The molecule has 0 bridgehead atoms. The topological polar surface area (TPSA) is 58.4 Å². The molecular formula is C18H23N3O2. The van der Waals surface area contributed by atoms with E-state index in [1.807, 2.05) is 30.3 Å². The third-order valence-electron chi connectivity index (χ3n) is 4.51. The van der Waals surface area contributed by atoms with E-state index in [-0.39, 0.29) is 5.91 Å². The van der Waals surface area contributed by atoms with Gasteiger partial charge in [-0.25, -0.2) is 0 Å². The number of benzene rings is 1. The summed E-state index contributed by atoms with van der Waals surface area (Å²) in [6.45, 7) is 6.26. The molecule has 1 amide bonds. The molecule has 1 aromatic heterocycles. The Morgan fingerprint density at radius 2 is 2.04 bits per heavy atom. The van der Waals surface area contributed by atoms with Gasteiger partial charge in [0.1, 0.15) is 0 Å². The van der Waals surface area contributed by atoms with Gasteiger partial charge in [0, 0.05) is 18.2 Å². The molecule has 0 unspecified atom stereocenters. The molecule has 5 nitrogen and oxygen atoms in total. The van der Waals surface area contributed by atoms with Crippen LogP contribution < -0.4 is 5.32 Å². The third-order valence-corrected chi connectivity index (χ3v) is 4.51. The van der Waals surface area contributed by atoms with E-state index in [1.54, 1.807) is 6.07 Å². The van der Waals surface area contributed by atoms with E-state index in [9.17, 15) is 4.79 Å². The second kappa shape index (κ2) is 7.42. The highest BCUT2D eigenvalue weighted by Gasteiger charge is 2.20. The predicted molar refractivity (Wildman–Crippen MR) is 89.1 cm³/mol. The molecule has 2 heterocycles. The van der Waals surface area contributed by atoms with Crippen LogP contribution in [0.3, 0.4) is 0 Å². The first-order valence-electron chi connectivity index (χ1n) is 8.29. The van der Waals surface area contributed by atoms with Crippen LogP contribution >= 0.6 is 0 Å². The molecule has 1 saturated heterocycles. The number of carbonyl (C=O) groups excluding carboxylic acids is 1. The number of likely N-dealkylation sites (tertiary alicyclic amines) is 1. The van der Waals surface area contributed by atoms with E-state index >= 15 is 0 Å². The summed E-state index contributed by atoms with van der Waals surface area (Å²) in [5.74, 6) is 1.02. The summed E-state index contributed by atoms with van der Waals surface area (Å²) in [5.41, 5.74) is 1.26. The molecule has 0 saturated carbocycles. The summed E-state index contributed by atoms with van der Waals surface area (Å²) in [6.07, 6.45) is 2.28. The van der Waals surface area contributed by atoms with Crippen molar-refractivity contribution in [3.63, 3.8) is 0 Å². The summed E-state index contributed by atoms with van der Waals surface area (Å²) in [5, 5.41) is 6.87. The number of hydrogen-bond acceptors (Lipinski definition) is 4. The van der Waals surface area contributed by atoms with Crippen LogP contribution in [0.25, 0.3) is 11.3 Å². The van der Waals surface area contributed by atoms with Crippen molar-refractivity contribution in [3.05, 3.63) is 42.1 Å². The fraction of sp³-hybridized carbons (Fsp3) is 0.444. The standard InChI is InChI=1S/C18H23N3O2/c1-2-21-10-8-14(9-11-21)13-19-18(22)16-12-17(23-20-16)15-6-4-3-5-7-15/h3-7,12,14H,2,8-11,13H2,1H3,(H,19,22). The van der Waals surface area contributed by atoms with Gasteiger partial charge in [-0.3, -0.25) is 4.79 Å². The highest BCUT2D eigenvalue weighted by molar-refractivity contribution is 5.93. The highest BCUT2D eigenvalue weighted by Crippen LogP contribution is 2.20. The third kappa shape index (κ3) is 3.99. The predicted octanol–water partition coefficient (Wildman–Crippen LogP) is 2.80. The number of hydrogen-bond donors (Lipinski definition) is 1. The molecule has 0 radical (unpaired) electrons. The van der Waals surface area contributed by atoms with Gasteiger partial charge in [-0.15, -0.1) is 0 Å². The zero-order valence-electron chi connectivity index (χ0n) is 13.5. The maximum Gasteiger partial charge on any atom is 0.273 e. The molecule has 2 aromatic rings. The van der Waals surface area contributed by atoms with Gasteiger partial charge >= 0.3 is 0 Å². The maximum absolute atomic E-state index is 12.2. The Kier molecular flexibility index (Phi) is 5.08. The Bertz CT molecular complexity index is 631. The Labute approximate surface area is 136 Å². The molecule has 1 aromatic carbocycles. The first-order chi connectivity index (χ1) is 11.3. The van der Waals surface area contributed by atoms with Gasteiger partial charge in [0.05, 0.1) is 0 Å². The average molecular weight is 313 g/mol. The van der Waals surface area contributed by atoms with Crippen molar-refractivity contribution in [1.29, 1.82) is 0 Å². The molecular weight excluding hydrogens is 290 g/mol. The van der Waals surface area contributed by atoms with E-state index in [0.717, 1.165) is 38.0 Å². The van der Waals surface area contributed by atoms with E-state index < -0.39 is 0 Å². The van der Waals surface area contributed by atoms with Gasteiger partial charge in [-0.1, -0.05) is 42.4 Å². The van der Waals surface area contributed by atoms with Crippen molar-refractivity contribution in [1.82, 2.24) is 15.4 Å². The molecule has 5 heteroatoms. The average Bonchev–Trinajstić information content (AvgIpc) is 3.11. The summed E-state index contributed by atoms with van der Waals surface area (Å²) in [4.78, 5) is 14.7. The quantitative estimate of drug-likeness (QED) is 0.922. The van der Waals surface area contributed by atoms with Crippen molar-refractivity contribution in [3.8, 4) is 11.3 Å². The van der Waals surface area contributed by atoms with Crippen molar-refractivity contribution in [2.45, 2.75) is 19.8 Å². The molecule has 0 atom stereocenters. The Hall–Kier alpha value is -2.14. The molecule has 0 spiro atoms. The van der Waals surface area contributed by atoms with E-state index in [4.69, 9.17) is 4.52 Å². The summed E-state index contributed by atoms with van der Waals surface area (Å²) in [7, 11) is 0. The second-order valence-electron chi connectivity index (χ2n) is 6.03. The van der Waals surface area contributed by atoms with Crippen LogP contribution in [-0.2, 0) is 0 Å². The van der Waals surface area contributed by atoms with E-state index in [2.05, 4.69) is 22.3 Å². The molecule has 122 valence electrons. The molecule has 3 rings (SSSR count). The zero-order valence-corrected chi connectivity index (χ0v) is 13.5. The number of amides is 1. The fourth-order valence-electron chi connectivity index (χ4n) is 2.96. The van der Waals surface area contributed by atoms with Crippen molar-refractivity contribution >= 4 is 5.91 Å². The van der Waals surface area contributed by atoms with Gasteiger partial charge in [0.15, 0.2) is 11.5 Å². The Balaban J connectivity index is 1.52. The smallest absolute Gasteiger partial charge is 0.273 e. The highest BCUT2D eigenvalue weighted by atomic mass is 16.5. The van der Waals surface area contributed by atoms with Gasteiger partial charge in [0.2, 0.25) is 0 Å². The van der Waals surface area contributed by atoms with Crippen LogP contribution in [0.4, 0.5) is 0 Å². The summed E-state index contributed by atoms with van der Waals surface area (Å²) < 4.78 is 5.27. The minimum Gasteiger partial charge on any atom is -0.355 e. The van der Waals surface area contributed by atoms with Crippen LogP contribution in [0.5, 0.6) is 0 Å². The van der Waals surface area contributed by atoms with Crippen LogP contribution in [0, 0.1) is 5.92 Å². The molecule has 1 fully saturated rings. The van der Waals surface area contributed by atoms with E-state index in [1.165, 1.54) is 0 Å². The number of nitrogens with one attached hydrogen (secondary N) is 1. The van der Waals surface area contributed by atoms with Crippen LogP contribution in [0.1, 0.15) is 30.3 Å². The summed E-state index contributed by atoms with van der Waals surface area (Å²) in [6, 6.07) is 11.4. The van der Waals surface area contributed by atoms with Crippen molar-refractivity contribution in [2.75, 3.05) is 26.2 Å². The first-order valence-corrected chi connectivity index (χ1v) is 8.29. The number of carbonyl (C=O) groups is 1. The molecule has 1 aliphatic heterocycles. The normalized spacial score (nSPS) is 16.4. The Morgan fingerprint density at radius 3 is 2.74 bits per heavy atom. The van der Waals surface area contributed by atoms with Crippen LogP contribution in [0.2, 0.25) is 0 Å². The van der Waals surface area contributed by atoms with Gasteiger partial charge in [-0.05, 0) is 38.4 Å². The number of rotatable bonds is 5. The fourth-order valence-corrected chi connectivity index (χ4v) is 2.96. The van der Waals surface area contributed by atoms with E-state index in [0.29, 0.717) is 23.9 Å². The van der Waals surface area contributed by atoms with Crippen LogP contribution in [-0.4, -0.2) is 42.1 Å². The minimum atomic E-state index is -0.158. The maximum atomic E-state index is 12.2.